The van der Waals surface area contributed by atoms with Crippen molar-refractivity contribution >= 4 is 11.8 Å². The number of aromatic nitrogens is 1. The number of pyridine rings is 1. The Morgan fingerprint density at radius 1 is 1.08 bits per heavy atom. The Labute approximate surface area is 147 Å². The maximum absolute atomic E-state index is 12.6. The molecule has 0 bridgehead atoms. The summed E-state index contributed by atoms with van der Waals surface area (Å²) in [4.78, 5) is 30.6. The van der Waals surface area contributed by atoms with E-state index < -0.39 is 0 Å². The lowest BCUT2D eigenvalue weighted by molar-refractivity contribution is -0.128. The van der Waals surface area contributed by atoms with E-state index in [0.29, 0.717) is 5.56 Å². The van der Waals surface area contributed by atoms with Crippen molar-refractivity contribution in [2.24, 2.45) is 0 Å². The number of hydrogen-bond donors (Lipinski definition) is 2. The molecule has 3 rings (SSSR count). The molecule has 1 aromatic heterocycles. The summed E-state index contributed by atoms with van der Waals surface area (Å²) >= 11 is 0. The predicted octanol–water partition coefficient (Wildman–Crippen LogP) is 1.90. The zero-order valence-electron chi connectivity index (χ0n) is 14.0. The summed E-state index contributed by atoms with van der Waals surface area (Å²) in [5.41, 5.74) is 6.63. The van der Waals surface area contributed by atoms with Crippen molar-refractivity contribution in [1.29, 1.82) is 0 Å². The lowest BCUT2D eigenvalue weighted by Crippen LogP contribution is -2.53. The summed E-state index contributed by atoms with van der Waals surface area (Å²) in [6, 6.07) is 13.2. The highest BCUT2D eigenvalue weighted by molar-refractivity contribution is 5.95. The predicted molar refractivity (Wildman–Crippen MR) is 94.3 cm³/mol. The first-order valence-corrected chi connectivity index (χ1v) is 8.52. The largest absolute Gasteiger partial charge is 0.288 e. The normalized spacial score (nSPS) is 17.7. The fraction of sp³-hybridized carbons (Fsp3) is 0.316. The van der Waals surface area contributed by atoms with Crippen LogP contribution < -0.4 is 10.9 Å². The lowest BCUT2D eigenvalue weighted by Gasteiger charge is -2.34. The number of hydrazine groups is 1. The van der Waals surface area contributed by atoms with Crippen LogP contribution in [0.2, 0.25) is 0 Å². The molecule has 1 aromatic carbocycles. The first-order chi connectivity index (χ1) is 12.2. The molecule has 1 fully saturated rings. The molecule has 2 aromatic rings. The molecule has 2 amide bonds. The van der Waals surface area contributed by atoms with Crippen LogP contribution in [-0.4, -0.2) is 34.3 Å². The number of hydrogen-bond acceptors (Lipinski definition) is 4. The Morgan fingerprint density at radius 3 is 2.68 bits per heavy atom. The molecule has 0 saturated carbocycles. The quantitative estimate of drug-likeness (QED) is 0.835. The summed E-state index contributed by atoms with van der Waals surface area (Å²) in [6.07, 6.45) is 5.95. The maximum Gasteiger partial charge on any atom is 0.271 e. The first kappa shape index (κ1) is 17.1. The number of rotatable bonds is 4. The van der Waals surface area contributed by atoms with Crippen LogP contribution in [0.15, 0.2) is 54.9 Å². The van der Waals surface area contributed by atoms with E-state index in [9.17, 15) is 9.59 Å². The van der Waals surface area contributed by atoms with Crippen LogP contribution in [0.3, 0.4) is 0 Å². The third-order valence-corrected chi connectivity index (χ3v) is 4.37. The van der Waals surface area contributed by atoms with Gasteiger partial charge in [0.2, 0.25) is 0 Å². The molecular formula is C19H22N4O2. The van der Waals surface area contributed by atoms with Gasteiger partial charge in [-0.05, 0) is 37.1 Å². The molecule has 2 N–H and O–H groups in total. The lowest BCUT2D eigenvalue weighted by atomic mass is 10.0. The fourth-order valence-electron chi connectivity index (χ4n) is 3.07. The van der Waals surface area contributed by atoms with Gasteiger partial charge < -0.3 is 0 Å². The van der Waals surface area contributed by atoms with Crippen molar-refractivity contribution in [2.45, 2.75) is 31.8 Å². The van der Waals surface area contributed by atoms with E-state index in [1.54, 1.807) is 18.3 Å². The second-order valence-corrected chi connectivity index (χ2v) is 6.15. The minimum atomic E-state index is -0.369. The minimum absolute atomic E-state index is 0.173. The minimum Gasteiger partial charge on any atom is -0.288 e. The van der Waals surface area contributed by atoms with Crippen LogP contribution in [-0.2, 0) is 11.3 Å². The van der Waals surface area contributed by atoms with Crippen molar-refractivity contribution < 1.29 is 9.59 Å². The Bertz CT molecular complexity index is 706. The smallest absolute Gasteiger partial charge is 0.271 e. The van der Waals surface area contributed by atoms with E-state index >= 15 is 0 Å². The molecule has 2 heterocycles. The number of carbonyl (C=O) groups is 2. The molecule has 6 heteroatoms. The average Bonchev–Trinajstić information content (AvgIpc) is 2.68. The number of nitrogens with one attached hydrogen (secondary N) is 2. The Kier molecular flexibility index (Phi) is 5.74. The highest BCUT2D eigenvalue weighted by Crippen LogP contribution is 2.19. The highest BCUT2D eigenvalue weighted by Gasteiger charge is 2.28. The summed E-state index contributed by atoms with van der Waals surface area (Å²) in [5.74, 6) is -0.542. The van der Waals surface area contributed by atoms with E-state index in [2.05, 4.69) is 32.9 Å². The van der Waals surface area contributed by atoms with Gasteiger partial charge in [0, 0.05) is 18.9 Å². The van der Waals surface area contributed by atoms with E-state index in [1.807, 2.05) is 18.2 Å². The van der Waals surface area contributed by atoms with Gasteiger partial charge in [-0.2, -0.15) is 0 Å². The van der Waals surface area contributed by atoms with Crippen LogP contribution in [0, 0.1) is 0 Å². The second-order valence-electron chi connectivity index (χ2n) is 6.15. The van der Waals surface area contributed by atoms with Crippen LogP contribution >= 0.6 is 0 Å². The monoisotopic (exact) mass is 338 g/mol. The number of amides is 2. The van der Waals surface area contributed by atoms with E-state index in [4.69, 9.17) is 0 Å². The molecule has 0 aliphatic carbocycles. The van der Waals surface area contributed by atoms with Gasteiger partial charge in [-0.25, -0.2) is 0 Å². The van der Waals surface area contributed by atoms with Gasteiger partial charge in [-0.3, -0.25) is 30.3 Å². The maximum atomic E-state index is 12.6. The van der Waals surface area contributed by atoms with Crippen molar-refractivity contribution in [3.63, 3.8) is 0 Å². The number of likely N-dealkylation sites (tertiary alicyclic amines) is 1. The number of nitrogens with zero attached hydrogens (tertiary/aromatic N) is 2. The second kappa shape index (κ2) is 8.39. The number of benzene rings is 1. The van der Waals surface area contributed by atoms with Gasteiger partial charge in [0.1, 0.15) is 0 Å². The van der Waals surface area contributed by atoms with Gasteiger partial charge in [0.05, 0.1) is 11.6 Å². The van der Waals surface area contributed by atoms with Crippen molar-refractivity contribution in [1.82, 2.24) is 20.7 Å². The molecule has 1 aliphatic heterocycles. The zero-order chi connectivity index (χ0) is 17.5. The topological polar surface area (TPSA) is 74.3 Å². The molecule has 1 atom stereocenters. The van der Waals surface area contributed by atoms with E-state index in [1.165, 1.54) is 11.8 Å². The fourth-order valence-corrected chi connectivity index (χ4v) is 3.07. The highest BCUT2D eigenvalue weighted by atomic mass is 16.2. The Morgan fingerprint density at radius 2 is 1.92 bits per heavy atom. The zero-order valence-corrected chi connectivity index (χ0v) is 14.0. The summed E-state index contributed by atoms with van der Waals surface area (Å²) in [7, 11) is 0. The van der Waals surface area contributed by atoms with Gasteiger partial charge >= 0.3 is 0 Å². The van der Waals surface area contributed by atoms with Gasteiger partial charge in [-0.15, -0.1) is 0 Å². The van der Waals surface area contributed by atoms with Crippen LogP contribution in [0.1, 0.15) is 35.2 Å². The van der Waals surface area contributed by atoms with Gasteiger partial charge in [0.15, 0.2) is 0 Å². The van der Waals surface area contributed by atoms with Crippen LogP contribution in [0.25, 0.3) is 0 Å². The number of piperidine rings is 1. The van der Waals surface area contributed by atoms with Crippen LogP contribution in [0.4, 0.5) is 0 Å². The molecule has 1 unspecified atom stereocenters. The van der Waals surface area contributed by atoms with Crippen molar-refractivity contribution in [3.8, 4) is 0 Å². The first-order valence-electron chi connectivity index (χ1n) is 8.52. The average molecular weight is 338 g/mol. The molecule has 0 spiro atoms. The molecule has 25 heavy (non-hydrogen) atoms. The standard InChI is InChI=1S/C19H22N4O2/c24-18(16-9-6-11-20-13-16)21-22-19(25)17-10-4-5-12-23(17)14-15-7-2-1-3-8-15/h1-3,6-9,11,13,17H,4-5,10,12,14H2,(H,21,24)(H,22,25). The van der Waals surface area contributed by atoms with Gasteiger partial charge in [0.25, 0.3) is 11.8 Å². The number of carbonyl (C=O) groups excluding carboxylic acids is 2. The van der Waals surface area contributed by atoms with Crippen molar-refractivity contribution in [3.05, 3.63) is 66.0 Å². The molecule has 0 radical (unpaired) electrons. The van der Waals surface area contributed by atoms with Crippen molar-refractivity contribution in [2.75, 3.05) is 6.54 Å². The van der Waals surface area contributed by atoms with E-state index in [-0.39, 0.29) is 17.9 Å². The van der Waals surface area contributed by atoms with Gasteiger partial charge in [-0.1, -0.05) is 36.8 Å². The summed E-state index contributed by atoms with van der Waals surface area (Å²) < 4.78 is 0. The van der Waals surface area contributed by atoms with Crippen LogP contribution in [0.5, 0.6) is 0 Å². The molecule has 1 aliphatic rings. The SMILES string of the molecule is O=C(NNC(=O)C1CCCCN1Cc1ccccc1)c1cccnc1. The molecule has 130 valence electrons. The third kappa shape index (κ3) is 4.64. The van der Waals surface area contributed by atoms with E-state index in [0.717, 1.165) is 32.4 Å². The summed E-state index contributed by atoms with van der Waals surface area (Å²) in [5, 5.41) is 0. The molecule has 6 nitrogen and oxygen atoms in total. The Balaban J connectivity index is 1.58. The Hall–Kier alpha value is -2.73. The molecular weight excluding hydrogens is 316 g/mol. The third-order valence-electron chi connectivity index (χ3n) is 4.37. The summed E-state index contributed by atoms with van der Waals surface area (Å²) in [6.45, 7) is 1.61. The molecule has 1 saturated heterocycles.